The van der Waals surface area contributed by atoms with Crippen molar-refractivity contribution in [1.29, 1.82) is 0 Å². The van der Waals surface area contributed by atoms with Crippen LogP contribution >= 0.6 is 0 Å². The number of allylic oxidation sites excluding steroid dienone is 5. The van der Waals surface area contributed by atoms with Gasteiger partial charge in [0, 0.05) is 0 Å². The first kappa shape index (κ1) is 20.5. The van der Waals surface area contributed by atoms with Crippen molar-refractivity contribution in [2.75, 3.05) is 0 Å². The number of hydrogen-bond acceptors (Lipinski definition) is 0. The largest absolute Gasteiger partial charge is 0.0999 e. The Hall–Kier alpha value is -0.780. The Morgan fingerprint density at radius 1 is 0.842 bits per heavy atom. The van der Waals surface area contributed by atoms with Crippen LogP contribution in [0.2, 0.25) is 0 Å². The molecule has 0 nitrogen and oxygen atoms in total. The van der Waals surface area contributed by atoms with Gasteiger partial charge in [-0.15, -0.1) is 0 Å². The molecule has 0 aliphatic heterocycles. The molecule has 0 unspecified atom stereocenters. The van der Waals surface area contributed by atoms with Crippen LogP contribution in [0.1, 0.15) is 85.5 Å². The van der Waals surface area contributed by atoms with Crippen molar-refractivity contribution in [3.05, 3.63) is 36.5 Å². The number of unbranched alkanes of at least 4 members (excludes halogenated alkanes) is 4. The maximum absolute atomic E-state index is 4.09. The van der Waals surface area contributed by atoms with Crippen LogP contribution in [0.3, 0.4) is 0 Å². The van der Waals surface area contributed by atoms with Crippen molar-refractivity contribution >= 4 is 0 Å². The second kappa shape index (κ2) is 19.6. The van der Waals surface area contributed by atoms with Gasteiger partial charge in [0.1, 0.15) is 0 Å². The molecule has 0 aromatic rings. The van der Waals surface area contributed by atoms with Crippen LogP contribution in [0.25, 0.3) is 0 Å². The minimum Gasteiger partial charge on any atom is -0.0999 e. The molecule has 0 heteroatoms. The summed E-state index contributed by atoms with van der Waals surface area (Å²) in [4.78, 5) is 0. The summed E-state index contributed by atoms with van der Waals surface area (Å²) in [6, 6.07) is 0. The maximum atomic E-state index is 4.09. The second-order valence-electron chi connectivity index (χ2n) is 5.03. The molecule has 0 spiro atoms. The molecule has 0 aliphatic carbocycles. The molecule has 0 atom stereocenters. The lowest BCUT2D eigenvalue weighted by Gasteiger charge is -2.03. The summed E-state index contributed by atoms with van der Waals surface area (Å²) in [7, 11) is 0. The molecule has 112 valence electrons. The third-order valence-corrected chi connectivity index (χ3v) is 2.94. The normalized spacial score (nSPS) is 10.7. The zero-order valence-corrected chi connectivity index (χ0v) is 13.9. The lowest BCUT2D eigenvalue weighted by molar-refractivity contribution is 0.647. The molecule has 0 aliphatic rings. The van der Waals surface area contributed by atoms with Crippen molar-refractivity contribution in [3.63, 3.8) is 0 Å². The Morgan fingerprint density at radius 3 is 2.00 bits per heavy atom. The molecule has 0 bridgehead atoms. The predicted octanol–water partition coefficient (Wildman–Crippen LogP) is 7.23. The first-order valence-corrected chi connectivity index (χ1v) is 8.17. The molecular weight excluding hydrogens is 228 g/mol. The average molecular weight is 264 g/mol. The van der Waals surface area contributed by atoms with E-state index in [1.807, 2.05) is 19.1 Å². The van der Waals surface area contributed by atoms with Gasteiger partial charge in [0.05, 0.1) is 0 Å². The summed E-state index contributed by atoms with van der Waals surface area (Å²) in [6.45, 7) is 12.7. The van der Waals surface area contributed by atoms with Crippen molar-refractivity contribution in [1.82, 2.24) is 0 Å². The van der Waals surface area contributed by atoms with Gasteiger partial charge in [-0.1, -0.05) is 82.9 Å². The Balaban J connectivity index is 0. The first-order valence-electron chi connectivity index (χ1n) is 8.17. The van der Waals surface area contributed by atoms with E-state index >= 15 is 0 Å². The lowest BCUT2D eigenvalue weighted by atomic mass is 10.0. The Morgan fingerprint density at radius 2 is 1.47 bits per heavy atom. The summed E-state index contributed by atoms with van der Waals surface area (Å²) < 4.78 is 0. The second-order valence-corrected chi connectivity index (χ2v) is 5.03. The highest BCUT2D eigenvalue weighted by atomic mass is 14.0. The van der Waals surface area contributed by atoms with Gasteiger partial charge in [-0.25, -0.2) is 0 Å². The predicted molar refractivity (Wildman–Crippen MR) is 91.7 cm³/mol. The van der Waals surface area contributed by atoms with E-state index in [0.29, 0.717) is 0 Å². The van der Waals surface area contributed by atoms with Crippen molar-refractivity contribution in [3.8, 4) is 0 Å². The molecule has 0 fully saturated rings. The highest BCUT2D eigenvalue weighted by Gasteiger charge is 1.93. The van der Waals surface area contributed by atoms with E-state index in [0.717, 1.165) is 6.42 Å². The average Bonchev–Trinajstić information content (AvgIpc) is 2.43. The van der Waals surface area contributed by atoms with Crippen LogP contribution in [0.5, 0.6) is 0 Å². The molecule has 0 heterocycles. The number of rotatable bonds is 10. The van der Waals surface area contributed by atoms with E-state index in [2.05, 4.69) is 39.5 Å². The lowest BCUT2D eigenvalue weighted by Crippen LogP contribution is -1.83. The highest BCUT2D eigenvalue weighted by Crippen LogP contribution is 2.13. The minimum absolute atomic E-state index is 1.13. The van der Waals surface area contributed by atoms with Gasteiger partial charge in [0.2, 0.25) is 0 Å². The third kappa shape index (κ3) is 22.8. The minimum atomic E-state index is 1.13. The molecule has 19 heavy (non-hydrogen) atoms. The van der Waals surface area contributed by atoms with Gasteiger partial charge in [0.25, 0.3) is 0 Å². The van der Waals surface area contributed by atoms with Crippen molar-refractivity contribution < 1.29 is 0 Å². The molecule has 0 aromatic heterocycles. The van der Waals surface area contributed by atoms with E-state index in [-0.39, 0.29) is 0 Å². The quantitative estimate of drug-likeness (QED) is 0.222. The molecular formula is C19H36. The van der Waals surface area contributed by atoms with Crippen molar-refractivity contribution in [2.45, 2.75) is 85.5 Å². The smallest absolute Gasteiger partial charge is 0.0323 e. The van der Waals surface area contributed by atoms with Crippen LogP contribution in [-0.4, -0.2) is 0 Å². The fourth-order valence-corrected chi connectivity index (χ4v) is 1.68. The molecule has 0 rings (SSSR count). The van der Waals surface area contributed by atoms with Crippen LogP contribution in [0.15, 0.2) is 36.5 Å². The Bertz CT molecular complexity index is 220. The molecule has 0 amide bonds. The zero-order valence-electron chi connectivity index (χ0n) is 13.9. The SMILES string of the molecule is C=C(CCCC)CCCCCC.CC=CC=CCC. The summed E-state index contributed by atoms with van der Waals surface area (Å²) in [5.74, 6) is 0. The van der Waals surface area contributed by atoms with E-state index < -0.39 is 0 Å². The fourth-order valence-electron chi connectivity index (χ4n) is 1.68. The number of hydrogen-bond donors (Lipinski definition) is 0. The Kier molecular flexibility index (Phi) is 21.1. The third-order valence-electron chi connectivity index (χ3n) is 2.94. The standard InChI is InChI=1S/C12H24.C7H12/c1-4-6-8-9-11-12(3)10-7-5-2;1-3-5-7-6-4-2/h3-11H2,1-2H3;3,5-7H,4H2,1-2H3. The van der Waals surface area contributed by atoms with Gasteiger partial charge in [-0.05, 0) is 39.0 Å². The van der Waals surface area contributed by atoms with Gasteiger partial charge in [-0.2, -0.15) is 0 Å². The summed E-state index contributed by atoms with van der Waals surface area (Å²) >= 11 is 0. The zero-order chi connectivity index (χ0) is 14.8. The van der Waals surface area contributed by atoms with E-state index in [4.69, 9.17) is 0 Å². The maximum Gasteiger partial charge on any atom is -0.0323 e. The molecule has 0 saturated carbocycles. The van der Waals surface area contributed by atoms with Gasteiger partial charge < -0.3 is 0 Å². The summed E-state index contributed by atoms with van der Waals surface area (Å²) in [5.41, 5.74) is 1.47. The van der Waals surface area contributed by atoms with E-state index in [1.54, 1.807) is 0 Å². The van der Waals surface area contributed by atoms with Crippen molar-refractivity contribution in [2.24, 2.45) is 0 Å². The van der Waals surface area contributed by atoms with Crippen LogP contribution < -0.4 is 0 Å². The topological polar surface area (TPSA) is 0 Å². The molecule has 0 N–H and O–H groups in total. The van der Waals surface area contributed by atoms with E-state index in [1.165, 1.54) is 56.9 Å². The van der Waals surface area contributed by atoms with Crippen LogP contribution in [-0.2, 0) is 0 Å². The monoisotopic (exact) mass is 264 g/mol. The van der Waals surface area contributed by atoms with E-state index in [9.17, 15) is 0 Å². The molecule has 0 aromatic carbocycles. The Labute approximate surface area is 122 Å². The van der Waals surface area contributed by atoms with Crippen LogP contribution in [0.4, 0.5) is 0 Å². The summed E-state index contributed by atoms with van der Waals surface area (Å²) in [6.07, 6.45) is 20.0. The first-order chi connectivity index (χ1) is 9.22. The highest BCUT2D eigenvalue weighted by molar-refractivity contribution is 5.00. The van der Waals surface area contributed by atoms with Gasteiger partial charge >= 0.3 is 0 Å². The molecule has 0 radical (unpaired) electrons. The summed E-state index contributed by atoms with van der Waals surface area (Å²) in [5, 5.41) is 0. The molecule has 0 saturated heterocycles. The van der Waals surface area contributed by atoms with Gasteiger partial charge in [-0.3, -0.25) is 0 Å². The van der Waals surface area contributed by atoms with Crippen LogP contribution in [0, 0.1) is 0 Å². The van der Waals surface area contributed by atoms with Gasteiger partial charge in [0.15, 0.2) is 0 Å². The fraction of sp³-hybridized carbons (Fsp3) is 0.684.